The molecule has 0 bridgehead atoms. The first-order chi connectivity index (χ1) is 63.1. The molecule has 50 heteroatoms. The van der Waals surface area contributed by atoms with Gasteiger partial charge in [0.2, 0.25) is 106 Å². The van der Waals surface area contributed by atoms with E-state index in [1.165, 1.54) is 36.1 Å². The smallest absolute Gasteiger partial charge is 0.326 e. The molecule has 4 saturated heterocycles. The Balaban J connectivity index is 1.23. The van der Waals surface area contributed by atoms with Crippen LogP contribution in [-0.2, 0) is 117 Å². The molecule has 0 saturated carbocycles. The number of carboxylic acid groups (broad SMARTS) is 5. The predicted molar refractivity (Wildman–Crippen MR) is 463 cm³/mol. The number of aromatic hydroxyl groups is 1. The Labute approximate surface area is 770 Å². The summed E-state index contributed by atoms with van der Waals surface area (Å²) < 4.78 is 0. The Morgan fingerprint density at radius 2 is 0.791 bits per heavy atom. The number of nitrogens with zero attached hydrogens (tertiary/aromatic N) is 3. The zero-order valence-corrected chi connectivity index (χ0v) is 75.7. The van der Waals surface area contributed by atoms with Crippen LogP contribution in [0.4, 0.5) is 0 Å². The maximum Gasteiger partial charge on any atom is 0.326 e. The number of carboxylic acids is 5. The summed E-state index contributed by atoms with van der Waals surface area (Å²) in [5.41, 5.74) is 5.94. The van der Waals surface area contributed by atoms with E-state index in [9.17, 15) is 146 Å². The van der Waals surface area contributed by atoms with E-state index in [-0.39, 0.29) is 101 Å². The van der Waals surface area contributed by atoms with Crippen LogP contribution < -0.4 is 85.5 Å². The number of carbonyl (C=O) groups excluding carboxylic acids is 18. The molecule has 25 N–H and O–H groups in total. The van der Waals surface area contributed by atoms with Gasteiger partial charge in [-0.1, -0.05) is 60.1 Å². The van der Waals surface area contributed by atoms with Gasteiger partial charge >= 0.3 is 29.8 Å². The quantitative estimate of drug-likeness (QED) is 0.0288. The molecule has 134 heavy (non-hydrogen) atoms. The van der Waals surface area contributed by atoms with Crippen LogP contribution in [0.1, 0.15) is 182 Å². The molecule has 4 aliphatic heterocycles. The van der Waals surface area contributed by atoms with E-state index in [0.29, 0.717) is 24.9 Å². The predicted octanol–water partition coefficient (Wildman–Crippen LogP) is -7.73. The van der Waals surface area contributed by atoms with E-state index in [1.807, 2.05) is 0 Å². The number of aliphatic hydroxyl groups excluding tert-OH is 2. The molecule has 0 spiro atoms. The molecule has 50 nitrogen and oxygen atoms in total. The summed E-state index contributed by atoms with van der Waals surface area (Å²) in [6.07, 6.45) is -6.23. The fourth-order valence-electron chi connectivity index (χ4n) is 15.4. The summed E-state index contributed by atoms with van der Waals surface area (Å²) in [6.45, 7) is 7.64. The monoisotopic (exact) mass is 1900 g/mol. The molecule has 17 atom stereocenters. The highest BCUT2D eigenvalue weighted by atomic mass is 16.4. The average Bonchev–Trinajstić information content (AvgIpc) is 1.66. The van der Waals surface area contributed by atoms with Gasteiger partial charge in [-0.2, -0.15) is 0 Å². The number of amides is 18. The van der Waals surface area contributed by atoms with Gasteiger partial charge < -0.3 is 141 Å². The van der Waals surface area contributed by atoms with Gasteiger partial charge in [-0.3, -0.25) is 105 Å². The van der Waals surface area contributed by atoms with Crippen LogP contribution in [0.5, 0.6) is 5.75 Å². The van der Waals surface area contributed by atoms with Gasteiger partial charge in [-0.15, -0.1) is 0 Å². The number of hydrogen-bond acceptors (Lipinski definition) is 27. The third-order valence-corrected chi connectivity index (χ3v) is 22.7. The second-order valence-electron chi connectivity index (χ2n) is 34.2. The van der Waals surface area contributed by atoms with Crippen molar-refractivity contribution in [2.45, 2.75) is 280 Å². The number of phenolic OH excluding ortho intramolecular Hbond substituents is 1. The minimum atomic E-state index is -1.82. The molecule has 4 fully saturated rings. The first-order valence-corrected chi connectivity index (χ1v) is 44.4. The van der Waals surface area contributed by atoms with Gasteiger partial charge in [0.05, 0.1) is 44.8 Å². The largest absolute Gasteiger partial charge is 0.508 e. The lowest BCUT2D eigenvalue weighted by atomic mass is 9.96. The van der Waals surface area contributed by atoms with Crippen LogP contribution in [0.2, 0.25) is 0 Å². The number of aliphatic hydroxyl groups is 2. The summed E-state index contributed by atoms with van der Waals surface area (Å²) in [7, 11) is 0. The van der Waals surface area contributed by atoms with Crippen molar-refractivity contribution < 1.29 is 151 Å². The van der Waals surface area contributed by atoms with E-state index in [1.54, 1.807) is 41.5 Å². The maximum absolute atomic E-state index is 14.8. The van der Waals surface area contributed by atoms with Crippen molar-refractivity contribution in [3.63, 3.8) is 0 Å². The second kappa shape index (κ2) is 54.6. The molecule has 4 aliphatic rings. The van der Waals surface area contributed by atoms with E-state index in [0.717, 1.165) is 9.80 Å². The number of hydrogen-bond donors (Lipinski definition) is 24. The number of phenols is 1. The van der Waals surface area contributed by atoms with Crippen LogP contribution in [0, 0.1) is 17.8 Å². The minimum absolute atomic E-state index is 0.00584. The molecule has 4 heterocycles. The van der Waals surface area contributed by atoms with Crippen molar-refractivity contribution in [1.29, 1.82) is 0 Å². The van der Waals surface area contributed by atoms with E-state index in [4.69, 9.17) is 10.8 Å². The highest BCUT2D eigenvalue weighted by Crippen LogP contribution is 2.26. The zero-order chi connectivity index (χ0) is 100. The summed E-state index contributed by atoms with van der Waals surface area (Å²) in [5.74, 6) is -26.8. The Morgan fingerprint density at radius 1 is 0.410 bits per heavy atom. The Hall–Kier alpha value is -13.3. The highest BCUT2D eigenvalue weighted by molar-refractivity contribution is 6.02. The van der Waals surface area contributed by atoms with Crippen molar-refractivity contribution in [2.24, 2.45) is 23.5 Å². The van der Waals surface area contributed by atoms with E-state index >= 15 is 0 Å². The molecule has 0 aromatic heterocycles. The molecule has 744 valence electrons. The first kappa shape index (κ1) is 111. The van der Waals surface area contributed by atoms with Crippen LogP contribution in [0.15, 0.2) is 24.3 Å². The van der Waals surface area contributed by atoms with Gasteiger partial charge in [0.25, 0.3) is 0 Å². The van der Waals surface area contributed by atoms with Crippen LogP contribution in [0.3, 0.4) is 0 Å². The van der Waals surface area contributed by atoms with Crippen LogP contribution in [0.25, 0.3) is 0 Å². The average molecular weight is 1900 g/mol. The summed E-state index contributed by atoms with van der Waals surface area (Å²) in [6, 6.07) is -17.4. The number of aliphatic carboxylic acids is 5. The summed E-state index contributed by atoms with van der Waals surface area (Å²) in [4.78, 5) is 311. The van der Waals surface area contributed by atoms with Gasteiger partial charge in [0.15, 0.2) is 0 Å². The van der Waals surface area contributed by atoms with Crippen LogP contribution in [-0.4, -0.2) is 341 Å². The maximum atomic E-state index is 14.8. The third-order valence-electron chi connectivity index (χ3n) is 22.7. The molecule has 0 unspecified atom stereocenters. The molecule has 0 aliphatic carbocycles. The number of nitrogens with two attached hydrogens (primary N) is 1. The number of likely N-dealkylation sites (tertiary alicyclic amines) is 3. The van der Waals surface area contributed by atoms with Gasteiger partial charge in [0.1, 0.15) is 90.3 Å². The van der Waals surface area contributed by atoms with Crippen molar-refractivity contribution in [1.82, 2.24) is 94.5 Å². The molecular weight excluding hydrogens is 1770 g/mol. The molecule has 1 aromatic carbocycles. The van der Waals surface area contributed by atoms with Crippen molar-refractivity contribution in [3.05, 3.63) is 29.8 Å². The second-order valence-corrected chi connectivity index (χ2v) is 34.2. The normalized spacial score (nSPS) is 18.6. The number of rotatable bonds is 56. The van der Waals surface area contributed by atoms with Crippen molar-refractivity contribution >= 4 is 136 Å². The lowest BCUT2D eigenvalue weighted by Gasteiger charge is -2.33. The van der Waals surface area contributed by atoms with E-state index < -0.39 is 323 Å². The first-order valence-electron chi connectivity index (χ1n) is 44.4. The number of nitrogens with one attached hydrogen (secondary N) is 15. The lowest BCUT2D eigenvalue weighted by Crippen LogP contribution is -2.61. The fourth-order valence-corrected chi connectivity index (χ4v) is 15.4. The standard InChI is InChI=1S/C84H127N19O31/c1-8-43(6)68(83(132)103-32-10-14-57(103)77(126)89-39-62(109)91-53(34-42(4)5)76(125)94-48(21-25-64(111)112)73(122)93-49(22-26-65(113)114)74(123)96-52(33-41(2)3)70(119)87-37-61(108)90-51(84(133)134)24-28-67(117)118)99-79(128)59-16-12-30-101(59)81(130)55(36-60(85)107)92-63(110)38-88-71(120)54(35-45-17-19-46(106)20-18-45)97-78(127)58-15-11-31-102(58)82(131)56(40-104)98-75(124)50(23-27-66(115)116)95-80(129)69(44(7)105)100-72(121)47-13-9-29-86-47/h17-20,41-44,47-59,68-69,86,104-106H,8-16,21-40H2,1-7H3,(H2,85,107)(H,87,119)(H,88,120)(H,89,126)(H,90,108)(H,91,109)(H,92,110)(H,93,122)(H,94,125)(H,95,129)(H,96,123)(H,97,127)(H,98,124)(H,99,128)(H,100,121)(H,111,112)(H,113,114)(H,115,116)(H,117,118)(H,133,134)/t43-,44+,47-,48-,49-,50-,51-,52-,53-,54-,55-,56-,57-,58-,59-,68-,69-/m0/s1. The van der Waals surface area contributed by atoms with Gasteiger partial charge in [-0.25, -0.2) is 4.79 Å². The van der Waals surface area contributed by atoms with Crippen molar-refractivity contribution in [2.75, 3.05) is 52.4 Å². The van der Waals surface area contributed by atoms with Crippen molar-refractivity contribution in [3.8, 4) is 5.75 Å². The Morgan fingerprint density at radius 3 is 1.22 bits per heavy atom. The number of benzene rings is 1. The summed E-state index contributed by atoms with van der Waals surface area (Å²) >= 11 is 0. The van der Waals surface area contributed by atoms with Gasteiger partial charge in [0, 0.05) is 51.7 Å². The summed E-state index contributed by atoms with van der Waals surface area (Å²) in [5, 5.41) is 115. The highest BCUT2D eigenvalue weighted by Gasteiger charge is 2.46. The molecular formula is C84H127N19O31. The fraction of sp³-hybridized carbons (Fsp3) is 0.655. The van der Waals surface area contributed by atoms with E-state index in [2.05, 4.69) is 79.8 Å². The molecule has 1 aromatic rings. The topological polar surface area (TPSA) is 771 Å². The number of carbonyl (C=O) groups is 23. The Bertz CT molecular complexity index is 4390. The Kier molecular flexibility index (Phi) is 45.4. The zero-order valence-electron chi connectivity index (χ0n) is 75.7. The van der Waals surface area contributed by atoms with Gasteiger partial charge in [-0.05, 0) is 139 Å². The SMILES string of the molecule is CC[C@H](C)[C@H](NC(=O)[C@@H]1CCCN1C(=O)[C@H](CC(N)=O)NC(=O)CNC(=O)[C@H](Cc1ccc(O)cc1)NC(=O)[C@@H]1CCCN1C(=O)[C@H](CO)NC(=O)[C@H](CCC(=O)O)NC(=O)[C@@H](NC(=O)[C@@H]1CCCN1)[C@@H](C)O)C(=O)N1CCC[C@H]1C(=O)NCC(=O)N[C@@H](CC(C)C)C(=O)N[C@@H](CCC(=O)O)C(=O)N[C@@H](CCC(=O)O)C(=O)N[C@@H](CC(C)C)C(=O)NCC(=O)N[C@@H](CCC(=O)O)C(=O)O. The minimum Gasteiger partial charge on any atom is -0.508 e. The molecule has 18 amide bonds. The lowest BCUT2D eigenvalue weighted by molar-refractivity contribution is -0.145. The number of primary amides is 1. The third kappa shape index (κ3) is 36.4. The van der Waals surface area contributed by atoms with Crippen LogP contribution >= 0.6 is 0 Å². The molecule has 5 rings (SSSR count). The molecule has 0 radical (unpaired) electrons.